The molecule has 1 fully saturated rings. The van der Waals surface area contributed by atoms with Gasteiger partial charge in [0.15, 0.2) is 5.82 Å². The first-order valence-electron chi connectivity index (χ1n) is 9.69. The van der Waals surface area contributed by atoms with E-state index in [0.717, 1.165) is 24.4 Å². The van der Waals surface area contributed by atoms with Crippen LogP contribution in [-0.4, -0.2) is 62.6 Å². The third-order valence-corrected chi connectivity index (χ3v) is 5.36. The molecule has 1 saturated heterocycles. The number of benzene rings is 2. The van der Waals surface area contributed by atoms with E-state index >= 15 is 0 Å². The third kappa shape index (κ3) is 3.56. The molecule has 3 aromatic rings. The molecule has 0 spiro atoms. The Kier molecular flexibility index (Phi) is 4.42. The smallest absolute Gasteiger partial charge is 0.227 e. The molecule has 29 heavy (non-hydrogen) atoms. The van der Waals surface area contributed by atoms with Gasteiger partial charge in [-0.15, -0.1) is 15.3 Å². The Labute approximate surface area is 168 Å². The molecule has 0 bridgehead atoms. The number of amides is 1. The molecule has 2 aliphatic rings. The Morgan fingerprint density at radius 1 is 1.00 bits per heavy atom. The van der Waals surface area contributed by atoms with Gasteiger partial charge in [-0.2, -0.15) is 4.68 Å². The second-order valence-electron chi connectivity index (χ2n) is 7.19. The standard InChI is InChI=1S/C22H20N6O/c29-22(14-17-5-6-18-3-1-2-4-19(18)13-17)27-11-9-26(10-12-27)20-7-8-21-25-23-16-28(21)24-15-20/h1-8,13,16H,9-12,14H2. The molecule has 7 heteroatoms. The molecular weight excluding hydrogens is 364 g/mol. The number of nitrogens with zero attached hydrogens (tertiary/aromatic N) is 6. The minimum absolute atomic E-state index is 0.171. The number of hydrogen-bond donors (Lipinski definition) is 0. The van der Waals surface area contributed by atoms with Crippen molar-refractivity contribution in [2.45, 2.75) is 6.42 Å². The number of rotatable bonds is 3. The third-order valence-electron chi connectivity index (χ3n) is 5.36. The average molecular weight is 384 g/mol. The van der Waals surface area contributed by atoms with Crippen molar-refractivity contribution < 1.29 is 4.79 Å². The minimum atomic E-state index is 0.171. The number of allylic oxidation sites excluding steroid dienone is 1. The SMILES string of the molecule is O=C(Cc1ccc2ccccc2c1)N1CCN(C2=C=Nn3cnnc3C=C2)CC1. The second kappa shape index (κ2) is 7.37. The van der Waals surface area contributed by atoms with Crippen LogP contribution in [0.5, 0.6) is 0 Å². The Morgan fingerprint density at radius 2 is 1.83 bits per heavy atom. The van der Waals surface area contributed by atoms with Gasteiger partial charge in [-0.25, -0.2) is 0 Å². The van der Waals surface area contributed by atoms with E-state index in [-0.39, 0.29) is 5.91 Å². The largest absolute Gasteiger partial charge is 0.360 e. The van der Waals surface area contributed by atoms with Crippen LogP contribution in [0.4, 0.5) is 0 Å². The lowest BCUT2D eigenvalue weighted by atomic mass is 10.0. The van der Waals surface area contributed by atoms with Crippen LogP contribution in [-0.2, 0) is 11.2 Å². The van der Waals surface area contributed by atoms with E-state index in [1.807, 2.05) is 35.3 Å². The van der Waals surface area contributed by atoms with Crippen LogP contribution in [0, 0.1) is 0 Å². The van der Waals surface area contributed by atoms with Crippen LogP contribution >= 0.6 is 0 Å². The zero-order valence-corrected chi connectivity index (χ0v) is 15.9. The molecule has 0 aliphatic carbocycles. The minimum Gasteiger partial charge on any atom is -0.360 e. The number of piperazine rings is 1. The van der Waals surface area contributed by atoms with Crippen LogP contribution in [0.25, 0.3) is 16.8 Å². The molecular formula is C22H20N6O. The van der Waals surface area contributed by atoms with Gasteiger partial charge in [0.25, 0.3) is 0 Å². The van der Waals surface area contributed by atoms with E-state index in [1.165, 1.54) is 10.8 Å². The highest BCUT2D eigenvalue weighted by atomic mass is 16.2. The number of aromatic nitrogens is 3. The molecule has 1 amide bonds. The van der Waals surface area contributed by atoms with E-state index in [2.05, 4.69) is 50.3 Å². The van der Waals surface area contributed by atoms with Crippen LogP contribution < -0.4 is 0 Å². The van der Waals surface area contributed by atoms with E-state index in [1.54, 1.807) is 11.0 Å². The van der Waals surface area contributed by atoms with E-state index in [0.29, 0.717) is 25.3 Å². The van der Waals surface area contributed by atoms with Gasteiger partial charge in [0, 0.05) is 32.0 Å². The van der Waals surface area contributed by atoms with Crippen LogP contribution in [0.1, 0.15) is 11.4 Å². The van der Waals surface area contributed by atoms with Gasteiger partial charge in [-0.1, -0.05) is 42.5 Å². The van der Waals surface area contributed by atoms with Gasteiger partial charge in [0.2, 0.25) is 5.91 Å². The van der Waals surface area contributed by atoms with Crippen molar-refractivity contribution in [2.24, 2.45) is 5.10 Å². The normalized spacial score (nSPS) is 15.9. The molecule has 0 radical (unpaired) electrons. The Hall–Kier alpha value is -3.70. The molecule has 0 atom stereocenters. The summed E-state index contributed by atoms with van der Waals surface area (Å²) in [6, 6.07) is 14.5. The average Bonchev–Trinajstić information content (AvgIpc) is 3.12. The molecule has 0 unspecified atom stereocenters. The first kappa shape index (κ1) is 17.4. The van der Waals surface area contributed by atoms with Gasteiger partial charge >= 0.3 is 0 Å². The first-order chi connectivity index (χ1) is 14.3. The van der Waals surface area contributed by atoms with Crippen molar-refractivity contribution in [1.29, 1.82) is 0 Å². The number of hydrogen-bond acceptors (Lipinski definition) is 5. The summed E-state index contributed by atoms with van der Waals surface area (Å²) in [4.78, 5) is 16.9. The fourth-order valence-corrected chi connectivity index (χ4v) is 3.73. The van der Waals surface area contributed by atoms with E-state index < -0.39 is 0 Å². The van der Waals surface area contributed by atoms with Gasteiger partial charge < -0.3 is 9.80 Å². The molecule has 1 aromatic heterocycles. The number of carbonyl (C=O) groups is 1. The Balaban J connectivity index is 1.22. The Bertz CT molecular complexity index is 1160. The summed E-state index contributed by atoms with van der Waals surface area (Å²) < 4.78 is 1.59. The lowest BCUT2D eigenvalue weighted by molar-refractivity contribution is -0.131. The van der Waals surface area contributed by atoms with Gasteiger partial charge in [-0.3, -0.25) is 4.79 Å². The van der Waals surface area contributed by atoms with Crippen LogP contribution in [0.15, 0.2) is 65.7 Å². The first-order valence-corrected chi connectivity index (χ1v) is 9.69. The summed E-state index contributed by atoms with van der Waals surface area (Å²) in [5.41, 5.74) is 1.96. The summed E-state index contributed by atoms with van der Waals surface area (Å²) in [5.74, 6) is 3.90. The topological polar surface area (TPSA) is 66.6 Å². The van der Waals surface area contributed by atoms with Crippen molar-refractivity contribution >= 4 is 28.6 Å². The summed E-state index contributed by atoms with van der Waals surface area (Å²) in [7, 11) is 0. The van der Waals surface area contributed by atoms with Crippen molar-refractivity contribution in [3.05, 3.63) is 72.0 Å². The van der Waals surface area contributed by atoms with Crippen molar-refractivity contribution in [2.75, 3.05) is 26.2 Å². The summed E-state index contributed by atoms with van der Waals surface area (Å²) in [6.07, 6.45) is 5.81. The molecule has 5 rings (SSSR count). The van der Waals surface area contributed by atoms with Crippen LogP contribution in [0.3, 0.4) is 0 Å². The Morgan fingerprint density at radius 3 is 2.69 bits per heavy atom. The quantitative estimate of drug-likeness (QED) is 0.694. The zero-order chi connectivity index (χ0) is 19.6. The highest BCUT2D eigenvalue weighted by Gasteiger charge is 2.22. The molecule has 3 heterocycles. The molecule has 144 valence electrons. The molecule has 2 aliphatic heterocycles. The second-order valence-corrected chi connectivity index (χ2v) is 7.19. The van der Waals surface area contributed by atoms with Crippen LogP contribution in [0.2, 0.25) is 0 Å². The summed E-state index contributed by atoms with van der Waals surface area (Å²) >= 11 is 0. The van der Waals surface area contributed by atoms with E-state index in [4.69, 9.17) is 0 Å². The van der Waals surface area contributed by atoms with Crippen molar-refractivity contribution in [1.82, 2.24) is 24.7 Å². The maximum atomic E-state index is 12.8. The fourth-order valence-electron chi connectivity index (χ4n) is 3.73. The molecule has 7 nitrogen and oxygen atoms in total. The predicted octanol–water partition coefficient (Wildman–Crippen LogP) is 2.16. The van der Waals surface area contributed by atoms with E-state index in [9.17, 15) is 4.79 Å². The lowest BCUT2D eigenvalue weighted by Gasteiger charge is -2.35. The highest BCUT2D eigenvalue weighted by Crippen LogP contribution is 2.17. The predicted molar refractivity (Wildman–Crippen MR) is 111 cm³/mol. The summed E-state index contributed by atoms with van der Waals surface area (Å²) in [5, 5.41) is 14.4. The van der Waals surface area contributed by atoms with Crippen molar-refractivity contribution in [3.63, 3.8) is 0 Å². The molecule has 2 aromatic carbocycles. The number of carbonyl (C=O) groups excluding carboxylic acids is 1. The maximum absolute atomic E-state index is 12.8. The number of fused-ring (bicyclic) bond motifs is 2. The van der Waals surface area contributed by atoms with Gasteiger partial charge in [-0.05, 0) is 28.5 Å². The van der Waals surface area contributed by atoms with Gasteiger partial charge in [0.05, 0.1) is 6.42 Å². The van der Waals surface area contributed by atoms with Gasteiger partial charge in [0.1, 0.15) is 12.0 Å². The molecule has 0 saturated carbocycles. The maximum Gasteiger partial charge on any atom is 0.227 e. The zero-order valence-electron chi connectivity index (χ0n) is 15.9. The summed E-state index contributed by atoms with van der Waals surface area (Å²) in [6.45, 7) is 2.90. The fraction of sp³-hybridized carbons (Fsp3) is 0.227. The molecule has 0 N–H and O–H groups in total. The van der Waals surface area contributed by atoms with Crippen molar-refractivity contribution in [3.8, 4) is 0 Å². The lowest BCUT2D eigenvalue weighted by Crippen LogP contribution is -2.48. The monoisotopic (exact) mass is 384 g/mol. The highest BCUT2D eigenvalue weighted by molar-refractivity contribution is 5.85.